The molecule has 4 rings (SSSR count). The minimum Gasteiger partial charge on any atom is -0.324 e. The van der Waals surface area contributed by atoms with E-state index in [-0.39, 0.29) is 5.91 Å². The number of amides is 1. The lowest BCUT2D eigenvalue weighted by Crippen LogP contribution is -2.43. The van der Waals surface area contributed by atoms with Gasteiger partial charge in [-0.1, -0.05) is 12.1 Å². The van der Waals surface area contributed by atoms with E-state index in [1.807, 2.05) is 44.2 Å². The monoisotopic (exact) mass is 430 g/mol. The highest BCUT2D eigenvalue weighted by Crippen LogP contribution is 2.17. The quantitative estimate of drug-likeness (QED) is 0.619. The number of rotatable bonds is 6. The highest BCUT2D eigenvalue weighted by atomic mass is 16.1. The SMILES string of the molecule is Cc1cc(C)nc(Nc2ccc(C(=O)Nc3ccc(CN4CCN(C)CC4)cc3)cc2)n1. The van der Waals surface area contributed by atoms with Crippen LogP contribution >= 0.6 is 0 Å². The van der Waals surface area contributed by atoms with Gasteiger partial charge in [-0.25, -0.2) is 9.97 Å². The van der Waals surface area contributed by atoms with E-state index < -0.39 is 0 Å². The number of hydrogen-bond acceptors (Lipinski definition) is 6. The molecule has 32 heavy (non-hydrogen) atoms. The third kappa shape index (κ3) is 5.90. The molecular formula is C25H30N6O. The van der Waals surface area contributed by atoms with Crippen molar-refractivity contribution in [1.29, 1.82) is 0 Å². The van der Waals surface area contributed by atoms with Gasteiger partial charge in [0.15, 0.2) is 0 Å². The van der Waals surface area contributed by atoms with Gasteiger partial charge in [0.1, 0.15) is 0 Å². The first kappa shape index (κ1) is 21.9. The Labute approximate surface area is 189 Å². The molecule has 0 spiro atoms. The number of carbonyl (C=O) groups excluding carboxylic acids is 1. The second-order valence-electron chi connectivity index (χ2n) is 8.41. The van der Waals surface area contributed by atoms with Crippen molar-refractivity contribution >= 4 is 23.2 Å². The van der Waals surface area contributed by atoms with Crippen molar-refractivity contribution in [3.63, 3.8) is 0 Å². The van der Waals surface area contributed by atoms with Crippen LogP contribution in [0, 0.1) is 13.8 Å². The van der Waals surface area contributed by atoms with Crippen molar-refractivity contribution in [3.8, 4) is 0 Å². The molecule has 2 heterocycles. The maximum absolute atomic E-state index is 12.6. The standard InChI is InChI=1S/C25H30N6O/c1-18-16-19(2)27-25(26-18)29-23-10-6-21(7-11-23)24(32)28-22-8-4-20(5-9-22)17-31-14-12-30(3)13-15-31/h4-11,16H,12-15,17H2,1-3H3,(H,28,32)(H,26,27,29). The van der Waals surface area contributed by atoms with Gasteiger partial charge in [-0.15, -0.1) is 0 Å². The number of nitrogens with one attached hydrogen (secondary N) is 2. The molecule has 0 saturated carbocycles. The number of aromatic nitrogens is 2. The van der Waals surface area contributed by atoms with Gasteiger partial charge in [0.2, 0.25) is 5.95 Å². The first-order chi connectivity index (χ1) is 15.4. The Morgan fingerprint density at radius 2 is 1.47 bits per heavy atom. The zero-order chi connectivity index (χ0) is 22.5. The summed E-state index contributed by atoms with van der Waals surface area (Å²) in [6.07, 6.45) is 0. The van der Waals surface area contributed by atoms with Gasteiger partial charge >= 0.3 is 0 Å². The van der Waals surface area contributed by atoms with Crippen molar-refractivity contribution in [2.75, 3.05) is 43.9 Å². The molecular weight excluding hydrogens is 400 g/mol. The fraction of sp³-hybridized carbons (Fsp3) is 0.320. The Morgan fingerprint density at radius 1 is 0.875 bits per heavy atom. The second-order valence-corrected chi connectivity index (χ2v) is 8.41. The van der Waals surface area contributed by atoms with Crippen LogP contribution in [0.1, 0.15) is 27.3 Å². The number of benzene rings is 2. The van der Waals surface area contributed by atoms with Gasteiger partial charge in [-0.05, 0) is 68.9 Å². The maximum atomic E-state index is 12.6. The van der Waals surface area contributed by atoms with E-state index >= 15 is 0 Å². The van der Waals surface area contributed by atoms with E-state index in [0.29, 0.717) is 11.5 Å². The lowest BCUT2D eigenvalue weighted by molar-refractivity contribution is 0.102. The van der Waals surface area contributed by atoms with E-state index in [2.05, 4.69) is 49.6 Å². The molecule has 0 bridgehead atoms. The van der Waals surface area contributed by atoms with E-state index in [1.165, 1.54) is 5.56 Å². The molecule has 1 amide bonds. The molecule has 0 radical (unpaired) electrons. The van der Waals surface area contributed by atoms with Crippen LogP contribution in [0.4, 0.5) is 17.3 Å². The summed E-state index contributed by atoms with van der Waals surface area (Å²) in [5.74, 6) is 0.419. The van der Waals surface area contributed by atoms with Crippen LogP contribution in [-0.4, -0.2) is 58.9 Å². The van der Waals surface area contributed by atoms with Gasteiger partial charge in [-0.3, -0.25) is 9.69 Å². The molecule has 1 aliphatic heterocycles. The van der Waals surface area contributed by atoms with Crippen LogP contribution in [0.25, 0.3) is 0 Å². The maximum Gasteiger partial charge on any atom is 0.255 e. The van der Waals surface area contributed by atoms with Crippen molar-refractivity contribution in [2.24, 2.45) is 0 Å². The Morgan fingerprint density at radius 3 is 2.09 bits per heavy atom. The number of hydrogen-bond donors (Lipinski definition) is 2. The van der Waals surface area contributed by atoms with E-state index in [1.54, 1.807) is 12.1 Å². The predicted molar refractivity (Wildman–Crippen MR) is 128 cm³/mol. The van der Waals surface area contributed by atoms with Crippen molar-refractivity contribution < 1.29 is 4.79 Å². The summed E-state index contributed by atoms with van der Waals surface area (Å²) in [7, 11) is 2.16. The normalized spacial score (nSPS) is 14.8. The Kier molecular flexibility index (Phi) is 6.78. The van der Waals surface area contributed by atoms with Gasteiger partial charge in [0, 0.05) is 61.0 Å². The molecule has 2 N–H and O–H groups in total. The smallest absolute Gasteiger partial charge is 0.255 e. The third-order valence-corrected chi connectivity index (χ3v) is 5.60. The predicted octanol–water partition coefficient (Wildman–Crippen LogP) is 3.84. The number of likely N-dealkylation sites (N-methyl/N-ethyl adjacent to an activating group) is 1. The molecule has 0 aliphatic carbocycles. The number of aryl methyl sites for hydroxylation is 2. The summed E-state index contributed by atoms with van der Waals surface area (Å²) in [6, 6.07) is 17.3. The summed E-state index contributed by atoms with van der Waals surface area (Å²) in [6.45, 7) is 9.23. The number of carbonyl (C=O) groups is 1. The first-order valence-corrected chi connectivity index (χ1v) is 11.0. The Balaban J connectivity index is 1.32. The van der Waals surface area contributed by atoms with Crippen LogP contribution < -0.4 is 10.6 Å². The molecule has 3 aromatic rings. The summed E-state index contributed by atoms with van der Waals surface area (Å²) < 4.78 is 0. The van der Waals surface area contributed by atoms with Crippen LogP contribution in [-0.2, 0) is 6.54 Å². The summed E-state index contributed by atoms with van der Waals surface area (Å²) in [5, 5.41) is 6.16. The number of anilines is 3. The first-order valence-electron chi connectivity index (χ1n) is 11.0. The van der Waals surface area contributed by atoms with Crippen molar-refractivity contribution in [3.05, 3.63) is 77.1 Å². The molecule has 7 nitrogen and oxygen atoms in total. The van der Waals surface area contributed by atoms with Crippen LogP contribution in [0.3, 0.4) is 0 Å². The molecule has 1 aromatic heterocycles. The van der Waals surface area contributed by atoms with Gasteiger partial charge in [0.05, 0.1) is 0 Å². The fourth-order valence-corrected chi connectivity index (χ4v) is 3.78. The molecule has 166 valence electrons. The lowest BCUT2D eigenvalue weighted by Gasteiger charge is -2.32. The molecule has 7 heteroatoms. The average Bonchev–Trinajstić information content (AvgIpc) is 2.76. The zero-order valence-electron chi connectivity index (χ0n) is 18.9. The largest absolute Gasteiger partial charge is 0.324 e. The van der Waals surface area contributed by atoms with Gasteiger partial charge < -0.3 is 15.5 Å². The van der Waals surface area contributed by atoms with Crippen LogP contribution in [0.15, 0.2) is 54.6 Å². The Hall–Kier alpha value is -3.29. The summed E-state index contributed by atoms with van der Waals surface area (Å²) >= 11 is 0. The molecule has 1 saturated heterocycles. The lowest BCUT2D eigenvalue weighted by atomic mass is 10.1. The van der Waals surface area contributed by atoms with E-state index in [4.69, 9.17) is 0 Å². The molecule has 0 unspecified atom stereocenters. The van der Waals surface area contributed by atoms with Crippen LogP contribution in [0.5, 0.6) is 0 Å². The Bertz CT molecular complexity index is 1040. The number of nitrogens with zero attached hydrogens (tertiary/aromatic N) is 4. The summed E-state index contributed by atoms with van der Waals surface area (Å²) in [4.78, 5) is 26.2. The minimum absolute atomic E-state index is 0.133. The number of piperazine rings is 1. The highest BCUT2D eigenvalue weighted by Gasteiger charge is 2.14. The molecule has 1 fully saturated rings. The fourth-order valence-electron chi connectivity index (χ4n) is 3.78. The van der Waals surface area contributed by atoms with Crippen molar-refractivity contribution in [1.82, 2.24) is 19.8 Å². The molecule has 0 atom stereocenters. The molecule has 2 aromatic carbocycles. The second kappa shape index (κ2) is 9.89. The topological polar surface area (TPSA) is 73.4 Å². The van der Waals surface area contributed by atoms with Gasteiger partial charge in [-0.2, -0.15) is 0 Å². The van der Waals surface area contributed by atoms with Crippen molar-refractivity contribution in [2.45, 2.75) is 20.4 Å². The van der Waals surface area contributed by atoms with E-state index in [9.17, 15) is 4.79 Å². The highest BCUT2D eigenvalue weighted by molar-refractivity contribution is 6.04. The van der Waals surface area contributed by atoms with Crippen LogP contribution in [0.2, 0.25) is 0 Å². The van der Waals surface area contributed by atoms with Gasteiger partial charge in [0.25, 0.3) is 5.91 Å². The summed E-state index contributed by atoms with van der Waals surface area (Å²) in [5.41, 5.74) is 5.30. The average molecular weight is 431 g/mol. The third-order valence-electron chi connectivity index (χ3n) is 5.60. The zero-order valence-corrected chi connectivity index (χ0v) is 18.9. The minimum atomic E-state index is -0.133. The molecule has 1 aliphatic rings. The van der Waals surface area contributed by atoms with E-state index in [0.717, 1.165) is 55.5 Å².